The average Bonchev–Trinajstić information content (AvgIpc) is 3.38. The van der Waals surface area contributed by atoms with Crippen LogP contribution in [0.15, 0.2) is 18.2 Å². The first-order chi connectivity index (χ1) is 12.6. The number of hydrogen-bond acceptors (Lipinski definition) is 3. The molecule has 5 atom stereocenters. The summed E-state index contributed by atoms with van der Waals surface area (Å²) >= 11 is 5.88. The van der Waals surface area contributed by atoms with Gasteiger partial charge in [0.15, 0.2) is 0 Å². The van der Waals surface area contributed by atoms with Gasteiger partial charge in [-0.2, -0.15) is 0 Å². The quantitative estimate of drug-likeness (QED) is 0.758. The fourth-order valence-corrected chi connectivity index (χ4v) is 5.31. The number of hydrogen-bond donors (Lipinski definition) is 3. The number of hydrazine groups is 1. The lowest BCUT2D eigenvalue weighted by atomic mass is 9.71. The molecule has 0 spiro atoms. The SMILES string of the molecule is O=C1NC2CC3NNC(C4CC4)C3CC2CN1Cc1ccc(F)c(Cl)c1. The van der Waals surface area contributed by atoms with Crippen LogP contribution < -0.4 is 16.2 Å². The Balaban J connectivity index is 1.29. The Labute approximate surface area is 157 Å². The van der Waals surface area contributed by atoms with Gasteiger partial charge >= 0.3 is 6.03 Å². The fourth-order valence-electron chi connectivity index (χ4n) is 5.10. The Morgan fingerprint density at radius 3 is 2.77 bits per heavy atom. The first-order valence-electron chi connectivity index (χ1n) is 9.59. The molecular formula is C19H24ClFN4O. The second kappa shape index (κ2) is 6.36. The van der Waals surface area contributed by atoms with Gasteiger partial charge in [-0.15, -0.1) is 0 Å². The third kappa shape index (κ3) is 2.98. The Kier molecular flexibility index (Phi) is 4.10. The van der Waals surface area contributed by atoms with Crippen LogP contribution in [-0.2, 0) is 6.54 Å². The molecule has 2 amide bonds. The Morgan fingerprint density at radius 1 is 1.15 bits per heavy atom. The second-order valence-electron chi connectivity index (χ2n) is 8.34. The van der Waals surface area contributed by atoms with Crippen molar-refractivity contribution in [2.75, 3.05) is 6.54 Å². The van der Waals surface area contributed by atoms with Crippen molar-refractivity contribution in [1.82, 2.24) is 21.1 Å². The van der Waals surface area contributed by atoms with E-state index in [0.29, 0.717) is 30.5 Å². The van der Waals surface area contributed by atoms with Crippen molar-refractivity contribution in [1.29, 1.82) is 0 Å². The number of amides is 2. The highest BCUT2D eigenvalue weighted by Gasteiger charge is 2.50. The number of nitrogens with zero attached hydrogens (tertiary/aromatic N) is 1. The molecule has 0 radical (unpaired) electrons. The Bertz CT molecular complexity index is 727. The van der Waals surface area contributed by atoms with E-state index in [2.05, 4.69) is 16.2 Å². The van der Waals surface area contributed by atoms with Gasteiger partial charge in [0.1, 0.15) is 5.82 Å². The van der Waals surface area contributed by atoms with Gasteiger partial charge in [-0.3, -0.25) is 10.9 Å². The normalized spacial score (nSPS) is 36.5. The topological polar surface area (TPSA) is 56.4 Å². The van der Waals surface area contributed by atoms with E-state index in [1.54, 1.807) is 12.1 Å². The highest BCUT2D eigenvalue weighted by atomic mass is 35.5. The van der Waals surface area contributed by atoms with E-state index < -0.39 is 5.82 Å². The second-order valence-corrected chi connectivity index (χ2v) is 8.75. The van der Waals surface area contributed by atoms with Crippen molar-refractivity contribution in [2.45, 2.75) is 50.4 Å². The summed E-state index contributed by atoms with van der Waals surface area (Å²) in [5, 5.41) is 3.30. The number of rotatable bonds is 3. The third-order valence-corrected chi connectivity index (χ3v) is 6.89. The van der Waals surface area contributed by atoms with Gasteiger partial charge in [-0.25, -0.2) is 9.18 Å². The molecule has 0 aromatic heterocycles. The number of carbonyl (C=O) groups is 1. The van der Waals surface area contributed by atoms with Crippen LogP contribution in [0.1, 0.15) is 31.2 Å². The summed E-state index contributed by atoms with van der Waals surface area (Å²) in [6, 6.07) is 5.93. The zero-order valence-corrected chi connectivity index (χ0v) is 15.3. The minimum absolute atomic E-state index is 0.0325. The summed E-state index contributed by atoms with van der Waals surface area (Å²) in [5.41, 5.74) is 7.85. The lowest BCUT2D eigenvalue weighted by Crippen LogP contribution is -2.60. The number of fused-ring (bicyclic) bond motifs is 2. The van der Waals surface area contributed by atoms with Crippen LogP contribution in [0.4, 0.5) is 9.18 Å². The first kappa shape index (κ1) is 16.8. The summed E-state index contributed by atoms with van der Waals surface area (Å²) in [4.78, 5) is 14.4. The van der Waals surface area contributed by atoms with Crippen LogP contribution in [0.25, 0.3) is 0 Å². The first-order valence-corrected chi connectivity index (χ1v) is 9.96. The van der Waals surface area contributed by atoms with Crippen LogP contribution in [0.3, 0.4) is 0 Å². The predicted molar refractivity (Wildman–Crippen MR) is 96.9 cm³/mol. The summed E-state index contributed by atoms with van der Waals surface area (Å²) in [6.07, 6.45) is 4.81. The minimum Gasteiger partial charge on any atom is -0.335 e. The van der Waals surface area contributed by atoms with Crippen molar-refractivity contribution in [3.8, 4) is 0 Å². The molecule has 140 valence electrons. The monoisotopic (exact) mass is 378 g/mol. The van der Waals surface area contributed by atoms with E-state index >= 15 is 0 Å². The van der Waals surface area contributed by atoms with Gasteiger partial charge in [0, 0.05) is 31.2 Å². The highest BCUT2D eigenvalue weighted by molar-refractivity contribution is 6.30. The molecule has 0 bridgehead atoms. The number of urea groups is 1. The van der Waals surface area contributed by atoms with Crippen molar-refractivity contribution in [2.24, 2.45) is 17.8 Å². The molecule has 26 heavy (non-hydrogen) atoms. The van der Waals surface area contributed by atoms with Gasteiger partial charge in [-0.05, 0) is 61.1 Å². The lowest BCUT2D eigenvalue weighted by Gasteiger charge is -2.45. The van der Waals surface area contributed by atoms with Crippen LogP contribution in [0.2, 0.25) is 5.02 Å². The van der Waals surface area contributed by atoms with Crippen LogP contribution >= 0.6 is 11.6 Å². The molecular weight excluding hydrogens is 355 g/mol. The minimum atomic E-state index is -0.427. The molecule has 5 nitrogen and oxygen atoms in total. The van der Waals surface area contributed by atoms with Crippen molar-refractivity contribution >= 4 is 17.6 Å². The van der Waals surface area contributed by atoms with Crippen molar-refractivity contribution < 1.29 is 9.18 Å². The van der Waals surface area contributed by atoms with Crippen molar-refractivity contribution in [3.05, 3.63) is 34.6 Å². The molecule has 4 fully saturated rings. The number of halogens is 2. The van der Waals surface area contributed by atoms with Gasteiger partial charge in [-0.1, -0.05) is 17.7 Å². The van der Waals surface area contributed by atoms with E-state index in [1.165, 1.54) is 18.9 Å². The molecule has 2 aliphatic carbocycles. The molecule has 5 rings (SSSR count). The summed E-state index contributed by atoms with van der Waals surface area (Å²) in [7, 11) is 0. The number of benzene rings is 1. The molecule has 7 heteroatoms. The van der Waals surface area contributed by atoms with Gasteiger partial charge in [0.2, 0.25) is 0 Å². The number of nitrogens with one attached hydrogen (secondary N) is 3. The zero-order valence-electron chi connectivity index (χ0n) is 14.6. The molecule has 2 saturated heterocycles. The van der Waals surface area contributed by atoms with E-state index in [9.17, 15) is 9.18 Å². The maximum absolute atomic E-state index is 13.4. The Morgan fingerprint density at radius 2 is 2.00 bits per heavy atom. The molecule has 2 heterocycles. The number of carbonyl (C=O) groups excluding carboxylic acids is 1. The fraction of sp³-hybridized carbons (Fsp3) is 0.632. The predicted octanol–water partition coefficient (Wildman–Crippen LogP) is 2.65. The summed E-state index contributed by atoms with van der Waals surface area (Å²) in [5.74, 6) is 1.52. The standard InChI is InChI=1S/C19H24ClFN4O/c20-14-5-10(1-4-15(14)21)8-25-9-12-6-13-17(7-16(12)22-19(25)26)23-24-18(13)11-2-3-11/h1,4-5,11-13,16-18,23-24H,2-3,6-9H2,(H,22,26). The average molecular weight is 379 g/mol. The largest absolute Gasteiger partial charge is 0.335 e. The van der Waals surface area contributed by atoms with Crippen LogP contribution in [0, 0.1) is 23.6 Å². The van der Waals surface area contributed by atoms with E-state index in [0.717, 1.165) is 30.9 Å². The molecule has 3 N–H and O–H groups in total. The van der Waals surface area contributed by atoms with Gasteiger partial charge in [0.25, 0.3) is 0 Å². The smallest absolute Gasteiger partial charge is 0.317 e. The third-order valence-electron chi connectivity index (χ3n) is 6.60. The van der Waals surface area contributed by atoms with Crippen molar-refractivity contribution in [3.63, 3.8) is 0 Å². The molecule has 2 saturated carbocycles. The molecule has 1 aromatic rings. The lowest BCUT2D eigenvalue weighted by molar-refractivity contribution is 0.0948. The van der Waals surface area contributed by atoms with E-state index in [1.807, 2.05) is 4.90 Å². The Hall–Kier alpha value is -1.37. The maximum Gasteiger partial charge on any atom is 0.317 e. The zero-order chi connectivity index (χ0) is 17.8. The highest BCUT2D eigenvalue weighted by Crippen LogP contribution is 2.44. The van der Waals surface area contributed by atoms with Crippen LogP contribution in [0.5, 0.6) is 0 Å². The van der Waals surface area contributed by atoms with Gasteiger partial charge in [0.05, 0.1) is 5.02 Å². The summed E-state index contributed by atoms with van der Waals surface area (Å²) in [6.45, 7) is 1.22. The van der Waals surface area contributed by atoms with E-state index in [4.69, 9.17) is 11.6 Å². The molecule has 2 aliphatic heterocycles. The molecule has 1 aromatic carbocycles. The van der Waals surface area contributed by atoms with E-state index in [-0.39, 0.29) is 17.1 Å². The maximum atomic E-state index is 13.4. The summed E-state index contributed by atoms with van der Waals surface area (Å²) < 4.78 is 13.4. The molecule has 4 aliphatic rings. The van der Waals surface area contributed by atoms with Crippen LogP contribution in [-0.4, -0.2) is 35.6 Å². The van der Waals surface area contributed by atoms with Gasteiger partial charge < -0.3 is 10.2 Å². The molecule has 5 unspecified atom stereocenters.